The number of rotatable bonds is 5. The second-order valence-corrected chi connectivity index (χ2v) is 7.64. The van der Waals surface area contributed by atoms with E-state index in [2.05, 4.69) is 36.1 Å². The summed E-state index contributed by atoms with van der Waals surface area (Å²) in [5.41, 5.74) is 2.61. The molecular formula is C20H25ClFNS. The van der Waals surface area contributed by atoms with Crippen LogP contribution < -0.4 is 0 Å². The summed E-state index contributed by atoms with van der Waals surface area (Å²) < 4.78 is 12.9. The van der Waals surface area contributed by atoms with Crippen molar-refractivity contribution in [1.29, 1.82) is 0 Å². The summed E-state index contributed by atoms with van der Waals surface area (Å²) in [5.74, 6) is -0.150. The van der Waals surface area contributed by atoms with E-state index >= 15 is 0 Å². The monoisotopic (exact) mass is 365 g/mol. The van der Waals surface area contributed by atoms with E-state index in [-0.39, 0.29) is 18.2 Å². The number of aryl methyl sites for hydroxylation is 1. The van der Waals surface area contributed by atoms with Crippen LogP contribution in [0, 0.1) is 12.7 Å². The lowest BCUT2D eigenvalue weighted by Gasteiger charge is -2.31. The molecule has 3 rings (SSSR count). The fourth-order valence-corrected chi connectivity index (χ4v) is 4.27. The molecule has 2 aromatic rings. The Morgan fingerprint density at radius 2 is 1.71 bits per heavy atom. The zero-order chi connectivity index (χ0) is 16.1. The number of benzene rings is 2. The van der Waals surface area contributed by atoms with Crippen LogP contribution >= 0.6 is 24.2 Å². The van der Waals surface area contributed by atoms with E-state index < -0.39 is 0 Å². The molecule has 0 N–H and O–H groups in total. The third kappa shape index (κ3) is 5.51. The highest BCUT2D eigenvalue weighted by atomic mass is 35.5. The average Bonchev–Trinajstić information content (AvgIpc) is 2.58. The van der Waals surface area contributed by atoms with Gasteiger partial charge in [-0.2, -0.15) is 0 Å². The molecule has 1 heterocycles. The van der Waals surface area contributed by atoms with Gasteiger partial charge in [0.05, 0.1) is 0 Å². The molecule has 2 aromatic carbocycles. The van der Waals surface area contributed by atoms with Crippen LogP contribution in [0.5, 0.6) is 0 Å². The highest BCUT2D eigenvalue weighted by Crippen LogP contribution is 2.32. The van der Waals surface area contributed by atoms with E-state index in [0.29, 0.717) is 0 Å². The Hall–Kier alpha value is -1.03. The number of hydrogen-bond donors (Lipinski definition) is 0. The Balaban J connectivity index is 0.00000208. The molecule has 0 radical (unpaired) electrons. The number of likely N-dealkylation sites (tertiary alicyclic amines) is 1. The van der Waals surface area contributed by atoms with Gasteiger partial charge in [-0.05, 0) is 68.6 Å². The van der Waals surface area contributed by atoms with Crippen LogP contribution in [-0.2, 0) is 6.42 Å². The average molecular weight is 366 g/mol. The molecule has 1 nitrogen and oxygen atoms in total. The van der Waals surface area contributed by atoms with Crippen molar-refractivity contribution in [2.45, 2.75) is 36.3 Å². The molecule has 0 unspecified atom stereocenters. The van der Waals surface area contributed by atoms with E-state index in [1.807, 2.05) is 23.9 Å². The normalized spacial score (nSPS) is 15.9. The molecule has 1 aliphatic rings. The molecule has 0 amide bonds. The summed E-state index contributed by atoms with van der Waals surface area (Å²) in [6, 6.07) is 15.6. The van der Waals surface area contributed by atoms with Crippen molar-refractivity contribution in [1.82, 2.24) is 4.90 Å². The van der Waals surface area contributed by atoms with Gasteiger partial charge >= 0.3 is 0 Å². The molecule has 4 heteroatoms. The first-order valence-electron chi connectivity index (χ1n) is 8.40. The molecule has 0 atom stereocenters. The van der Waals surface area contributed by atoms with Gasteiger partial charge in [0.15, 0.2) is 0 Å². The maximum atomic E-state index is 12.9. The Labute approximate surface area is 155 Å². The van der Waals surface area contributed by atoms with Gasteiger partial charge < -0.3 is 4.90 Å². The SMILES string of the molecule is Cc1ccccc1SC1CCN(CCc2ccc(F)cc2)CC1.Cl. The minimum Gasteiger partial charge on any atom is -0.303 e. The fraction of sp³-hybridized carbons (Fsp3) is 0.400. The van der Waals surface area contributed by atoms with E-state index in [1.54, 1.807) is 12.1 Å². The molecule has 0 spiro atoms. The molecule has 0 aromatic heterocycles. The van der Waals surface area contributed by atoms with Crippen molar-refractivity contribution in [2.75, 3.05) is 19.6 Å². The molecule has 24 heavy (non-hydrogen) atoms. The lowest BCUT2D eigenvalue weighted by Crippen LogP contribution is -2.36. The molecule has 0 aliphatic carbocycles. The molecule has 0 bridgehead atoms. The van der Waals surface area contributed by atoms with Gasteiger partial charge in [0.1, 0.15) is 5.82 Å². The van der Waals surface area contributed by atoms with Crippen molar-refractivity contribution >= 4 is 24.2 Å². The van der Waals surface area contributed by atoms with Gasteiger partial charge in [0.25, 0.3) is 0 Å². The molecule has 1 fully saturated rings. The summed E-state index contributed by atoms with van der Waals surface area (Å²) in [5, 5.41) is 0.734. The van der Waals surface area contributed by atoms with Gasteiger partial charge in [0, 0.05) is 16.7 Å². The van der Waals surface area contributed by atoms with Crippen LogP contribution in [0.25, 0.3) is 0 Å². The number of piperidine rings is 1. The minimum absolute atomic E-state index is 0. The Morgan fingerprint density at radius 3 is 2.38 bits per heavy atom. The van der Waals surface area contributed by atoms with Crippen LogP contribution in [0.15, 0.2) is 53.4 Å². The zero-order valence-electron chi connectivity index (χ0n) is 14.1. The maximum absolute atomic E-state index is 12.9. The number of nitrogens with zero attached hydrogens (tertiary/aromatic N) is 1. The summed E-state index contributed by atoms with van der Waals surface area (Å²) in [6.07, 6.45) is 3.51. The van der Waals surface area contributed by atoms with Crippen LogP contribution in [-0.4, -0.2) is 29.8 Å². The molecule has 130 valence electrons. The Bertz CT molecular complexity index is 624. The first kappa shape index (κ1) is 19.3. The zero-order valence-corrected chi connectivity index (χ0v) is 15.7. The smallest absolute Gasteiger partial charge is 0.123 e. The van der Waals surface area contributed by atoms with Crippen LogP contribution in [0.4, 0.5) is 4.39 Å². The first-order valence-corrected chi connectivity index (χ1v) is 9.28. The topological polar surface area (TPSA) is 3.24 Å². The van der Waals surface area contributed by atoms with Crippen molar-refractivity contribution in [3.63, 3.8) is 0 Å². The van der Waals surface area contributed by atoms with Gasteiger partial charge in [0.2, 0.25) is 0 Å². The lowest BCUT2D eigenvalue weighted by atomic mass is 10.1. The predicted molar refractivity (Wildman–Crippen MR) is 104 cm³/mol. The second kappa shape index (κ2) is 9.45. The predicted octanol–water partition coefficient (Wildman–Crippen LogP) is 5.36. The summed E-state index contributed by atoms with van der Waals surface area (Å²) in [4.78, 5) is 3.97. The highest BCUT2D eigenvalue weighted by Gasteiger charge is 2.20. The quantitative estimate of drug-likeness (QED) is 0.702. The van der Waals surface area contributed by atoms with E-state index in [9.17, 15) is 4.39 Å². The standard InChI is InChI=1S/C20H24FNS.ClH/c1-16-4-2-3-5-20(16)23-19-11-14-22(15-12-19)13-10-17-6-8-18(21)9-7-17;/h2-9,19H,10-15H2,1H3;1H. The second-order valence-electron chi connectivity index (χ2n) is 6.30. The molecule has 1 saturated heterocycles. The minimum atomic E-state index is -0.150. The number of thioether (sulfide) groups is 1. The largest absolute Gasteiger partial charge is 0.303 e. The number of hydrogen-bond acceptors (Lipinski definition) is 2. The number of halogens is 2. The summed E-state index contributed by atoms with van der Waals surface area (Å²) in [7, 11) is 0. The van der Waals surface area contributed by atoms with E-state index in [1.165, 1.54) is 42.0 Å². The fourth-order valence-electron chi connectivity index (χ4n) is 3.06. The van der Waals surface area contributed by atoms with Crippen molar-refractivity contribution in [3.8, 4) is 0 Å². The molecule has 1 aliphatic heterocycles. The Morgan fingerprint density at radius 1 is 1.04 bits per heavy atom. The third-order valence-electron chi connectivity index (χ3n) is 4.55. The lowest BCUT2D eigenvalue weighted by molar-refractivity contribution is 0.235. The van der Waals surface area contributed by atoms with Crippen LogP contribution in [0.2, 0.25) is 0 Å². The molecular weight excluding hydrogens is 341 g/mol. The highest BCUT2D eigenvalue weighted by molar-refractivity contribution is 8.00. The molecule has 0 saturated carbocycles. The first-order chi connectivity index (χ1) is 11.2. The third-order valence-corrected chi connectivity index (χ3v) is 6.07. The van der Waals surface area contributed by atoms with Crippen LogP contribution in [0.3, 0.4) is 0 Å². The Kier molecular flexibility index (Phi) is 7.60. The van der Waals surface area contributed by atoms with Gasteiger partial charge in [-0.3, -0.25) is 0 Å². The van der Waals surface area contributed by atoms with Crippen molar-refractivity contribution < 1.29 is 4.39 Å². The van der Waals surface area contributed by atoms with Crippen LogP contribution in [0.1, 0.15) is 24.0 Å². The van der Waals surface area contributed by atoms with E-state index in [0.717, 1.165) is 18.2 Å². The maximum Gasteiger partial charge on any atom is 0.123 e. The summed E-state index contributed by atoms with van der Waals surface area (Å²) >= 11 is 2.04. The van der Waals surface area contributed by atoms with Crippen molar-refractivity contribution in [3.05, 3.63) is 65.5 Å². The summed E-state index contributed by atoms with van der Waals surface area (Å²) in [6.45, 7) is 5.61. The van der Waals surface area contributed by atoms with Gasteiger partial charge in [-0.15, -0.1) is 24.2 Å². The van der Waals surface area contributed by atoms with E-state index in [4.69, 9.17) is 0 Å². The van der Waals surface area contributed by atoms with Gasteiger partial charge in [-0.1, -0.05) is 30.3 Å². The van der Waals surface area contributed by atoms with Gasteiger partial charge in [-0.25, -0.2) is 4.39 Å². The van der Waals surface area contributed by atoms with Crippen molar-refractivity contribution in [2.24, 2.45) is 0 Å².